The highest BCUT2D eigenvalue weighted by Crippen LogP contribution is 2.65. The largest absolute Gasteiger partial charge is 0.298 e. The van der Waals surface area contributed by atoms with Crippen LogP contribution < -0.4 is 10.4 Å². The minimum absolute atomic E-state index is 0.246. The van der Waals surface area contributed by atoms with Crippen LogP contribution in [0.2, 0.25) is 0 Å². The molecular weight excluding hydrogens is 372 g/mol. The average molecular weight is 399 g/mol. The smallest absolute Gasteiger partial charge is 0.265 e. The molecule has 2 aromatic carbocycles. The van der Waals surface area contributed by atoms with Gasteiger partial charge in [-0.05, 0) is 48.4 Å². The molecule has 2 atom stereocenters. The van der Waals surface area contributed by atoms with Crippen LogP contribution in [0.25, 0.3) is 0 Å². The lowest BCUT2D eigenvalue weighted by atomic mass is 9.69. The van der Waals surface area contributed by atoms with Crippen molar-refractivity contribution in [1.29, 1.82) is 0 Å². The molecule has 28 heavy (non-hydrogen) atoms. The Morgan fingerprint density at radius 1 is 1.04 bits per heavy atom. The van der Waals surface area contributed by atoms with Gasteiger partial charge in [-0.25, -0.2) is 0 Å². The number of hydrogen-bond acceptors (Lipinski definition) is 4. The fourth-order valence-electron chi connectivity index (χ4n) is 4.92. The van der Waals surface area contributed by atoms with Crippen molar-refractivity contribution in [3.05, 3.63) is 72.4 Å². The molecule has 0 spiro atoms. The molecule has 0 aliphatic heterocycles. The van der Waals surface area contributed by atoms with E-state index in [2.05, 4.69) is 25.3 Å². The fourth-order valence-corrected chi connectivity index (χ4v) is 6.21. The van der Waals surface area contributed by atoms with Crippen LogP contribution in [0, 0.1) is 16.7 Å². The van der Waals surface area contributed by atoms with E-state index in [4.69, 9.17) is 0 Å². The van der Waals surface area contributed by atoms with Gasteiger partial charge >= 0.3 is 0 Å². The Hall–Kier alpha value is -2.31. The van der Waals surface area contributed by atoms with Crippen LogP contribution in [0.15, 0.2) is 72.4 Å². The Labute approximate surface area is 166 Å². The van der Waals surface area contributed by atoms with Crippen molar-refractivity contribution in [2.45, 2.75) is 26.7 Å². The topological polar surface area (TPSA) is 69.6 Å². The SMILES string of the molecule is CC1(C)[C@@H]2C=C(NN(c3ccccc3)c3ccccc3)[C@@]1(CS(=O)(=O)O)CC2. The predicted octanol–water partition coefficient (Wildman–Crippen LogP) is 4.54. The molecule has 2 aromatic rings. The molecule has 2 N–H and O–H groups in total. The number of hydrazine groups is 1. The normalized spacial score (nSPS) is 25.4. The number of para-hydroxylation sites is 2. The van der Waals surface area contributed by atoms with Crippen molar-refractivity contribution in [1.82, 2.24) is 5.43 Å². The number of benzene rings is 2. The minimum atomic E-state index is -4.12. The van der Waals surface area contributed by atoms with Gasteiger partial charge in [0.05, 0.1) is 17.1 Å². The molecule has 0 aromatic heterocycles. The maximum atomic E-state index is 11.9. The van der Waals surface area contributed by atoms with Gasteiger partial charge in [0.25, 0.3) is 10.1 Å². The Morgan fingerprint density at radius 2 is 1.57 bits per heavy atom. The van der Waals surface area contributed by atoms with Gasteiger partial charge in [-0.1, -0.05) is 56.3 Å². The van der Waals surface area contributed by atoms with Crippen LogP contribution in [-0.2, 0) is 10.1 Å². The molecule has 6 heteroatoms. The molecule has 0 amide bonds. The number of nitrogens with zero attached hydrogens (tertiary/aromatic N) is 1. The molecule has 0 unspecified atom stereocenters. The number of rotatable bonds is 6. The average Bonchev–Trinajstić information content (AvgIpc) is 3.01. The molecule has 2 aliphatic carbocycles. The Balaban J connectivity index is 1.76. The predicted molar refractivity (Wildman–Crippen MR) is 112 cm³/mol. The van der Waals surface area contributed by atoms with E-state index in [0.717, 1.165) is 29.9 Å². The molecular formula is C22H26N2O3S. The third-order valence-corrected chi connectivity index (χ3v) is 7.47. The van der Waals surface area contributed by atoms with E-state index < -0.39 is 15.5 Å². The number of fused-ring (bicyclic) bond motifs is 2. The van der Waals surface area contributed by atoms with Crippen LogP contribution in [0.5, 0.6) is 0 Å². The van der Waals surface area contributed by atoms with Crippen LogP contribution in [-0.4, -0.2) is 18.7 Å². The van der Waals surface area contributed by atoms with E-state index in [1.165, 1.54) is 0 Å². The van der Waals surface area contributed by atoms with Gasteiger partial charge < -0.3 is 0 Å². The summed E-state index contributed by atoms with van der Waals surface area (Å²) in [6, 6.07) is 19.9. The van der Waals surface area contributed by atoms with Crippen molar-refractivity contribution in [2.75, 3.05) is 10.8 Å². The van der Waals surface area contributed by atoms with Crippen LogP contribution in [0.1, 0.15) is 26.7 Å². The summed E-state index contributed by atoms with van der Waals surface area (Å²) >= 11 is 0. The third-order valence-electron chi connectivity index (χ3n) is 6.62. The van der Waals surface area contributed by atoms with Crippen LogP contribution in [0.3, 0.4) is 0 Å². The molecule has 148 valence electrons. The molecule has 2 bridgehead atoms. The Kier molecular flexibility index (Phi) is 4.51. The summed E-state index contributed by atoms with van der Waals surface area (Å²) in [6.45, 7) is 4.22. The lowest BCUT2D eigenvalue weighted by molar-refractivity contribution is 0.164. The lowest BCUT2D eigenvalue weighted by Crippen LogP contribution is -2.46. The first-order valence-corrected chi connectivity index (χ1v) is 11.2. The van der Waals surface area contributed by atoms with Gasteiger partial charge in [0.2, 0.25) is 0 Å². The maximum absolute atomic E-state index is 11.9. The lowest BCUT2D eigenvalue weighted by Gasteiger charge is -2.42. The highest BCUT2D eigenvalue weighted by atomic mass is 32.2. The fraction of sp³-hybridized carbons (Fsp3) is 0.364. The monoisotopic (exact) mass is 398 g/mol. The molecule has 4 rings (SSSR count). The van der Waals surface area contributed by atoms with Crippen LogP contribution >= 0.6 is 0 Å². The molecule has 1 saturated carbocycles. The van der Waals surface area contributed by atoms with Crippen molar-refractivity contribution in [2.24, 2.45) is 16.7 Å². The van der Waals surface area contributed by atoms with Crippen molar-refractivity contribution >= 4 is 21.5 Å². The van der Waals surface area contributed by atoms with E-state index >= 15 is 0 Å². The van der Waals surface area contributed by atoms with E-state index in [-0.39, 0.29) is 17.1 Å². The Morgan fingerprint density at radius 3 is 2.04 bits per heavy atom. The van der Waals surface area contributed by atoms with E-state index in [9.17, 15) is 13.0 Å². The zero-order valence-corrected chi connectivity index (χ0v) is 17.0. The van der Waals surface area contributed by atoms with Gasteiger partial charge in [-0.3, -0.25) is 15.0 Å². The molecule has 0 heterocycles. The summed E-state index contributed by atoms with van der Waals surface area (Å²) in [5.41, 5.74) is 5.43. The van der Waals surface area contributed by atoms with Crippen molar-refractivity contribution in [3.63, 3.8) is 0 Å². The first kappa shape index (κ1) is 19.0. The van der Waals surface area contributed by atoms with Crippen molar-refractivity contribution < 1.29 is 13.0 Å². The second kappa shape index (κ2) is 6.64. The van der Waals surface area contributed by atoms with E-state index in [1.807, 2.05) is 65.7 Å². The quantitative estimate of drug-likeness (QED) is 0.552. The zero-order chi connectivity index (χ0) is 20.0. The maximum Gasteiger partial charge on any atom is 0.265 e. The standard InChI is InChI=1S/C22H26N2O3S/c1-21(2)17-13-14-22(21,16-28(25,26)27)20(15-17)23-24(18-9-5-3-6-10-18)19-11-7-4-8-12-19/h3-12,15,17,23H,13-14,16H2,1-2H3,(H,25,26,27)/t17-,22-/m0/s1. The zero-order valence-electron chi connectivity index (χ0n) is 16.2. The second-order valence-corrected chi connectivity index (χ2v) is 9.83. The summed E-state index contributed by atoms with van der Waals surface area (Å²) in [7, 11) is -4.12. The summed E-state index contributed by atoms with van der Waals surface area (Å²) in [6.07, 6.45) is 3.83. The van der Waals surface area contributed by atoms with Gasteiger partial charge in [-0.2, -0.15) is 8.42 Å². The highest BCUT2D eigenvalue weighted by Gasteiger charge is 2.62. The van der Waals surface area contributed by atoms with Gasteiger partial charge in [-0.15, -0.1) is 0 Å². The molecule has 0 saturated heterocycles. The number of allylic oxidation sites excluding steroid dienone is 2. The first-order valence-electron chi connectivity index (χ1n) is 9.57. The number of nitrogens with one attached hydrogen (secondary N) is 1. The number of hydrogen-bond donors (Lipinski definition) is 2. The summed E-state index contributed by atoms with van der Waals surface area (Å²) in [5, 5.41) is 1.98. The molecule has 1 fully saturated rings. The highest BCUT2D eigenvalue weighted by molar-refractivity contribution is 7.85. The minimum Gasteiger partial charge on any atom is -0.298 e. The molecule has 5 nitrogen and oxygen atoms in total. The second-order valence-electron chi connectivity index (χ2n) is 8.37. The number of anilines is 2. The summed E-state index contributed by atoms with van der Waals surface area (Å²) < 4.78 is 33.5. The summed E-state index contributed by atoms with van der Waals surface area (Å²) in [5.74, 6) is 0.0184. The Bertz CT molecular complexity index is 947. The first-order chi connectivity index (χ1) is 13.2. The molecule has 2 aliphatic rings. The van der Waals surface area contributed by atoms with Gasteiger partial charge in [0.15, 0.2) is 0 Å². The third kappa shape index (κ3) is 3.10. The van der Waals surface area contributed by atoms with E-state index in [1.54, 1.807) is 0 Å². The van der Waals surface area contributed by atoms with Gasteiger partial charge in [0, 0.05) is 11.1 Å². The molecule has 0 radical (unpaired) electrons. The van der Waals surface area contributed by atoms with Crippen molar-refractivity contribution in [3.8, 4) is 0 Å². The van der Waals surface area contributed by atoms with Gasteiger partial charge in [0.1, 0.15) is 0 Å². The summed E-state index contributed by atoms with van der Waals surface area (Å²) in [4.78, 5) is 0. The van der Waals surface area contributed by atoms with E-state index in [0.29, 0.717) is 0 Å². The van der Waals surface area contributed by atoms with Crippen LogP contribution in [0.4, 0.5) is 11.4 Å².